The molecule has 37 heavy (non-hydrogen) atoms. The SMILES string of the molecule is C[N+](C)(C)C[C@@H](CC(=O)O)OP(=O)(O)OCCCCOc1cccc(Oc2ccc3ccccc3c2)c1. The number of rotatable bonds is 15. The van der Waals surface area contributed by atoms with Crippen molar-refractivity contribution in [2.75, 3.05) is 40.9 Å². The van der Waals surface area contributed by atoms with Crippen LogP contribution < -0.4 is 9.47 Å². The summed E-state index contributed by atoms with van der Waals surface area (Å²) in [4.78, 5) is 21.1. The van der Waals surface area contributed by atoms with Gasteiger partial charge in [-0.1, -0.05) is 36.4 Å². The van der Waals surface area contributed by atoms with E-state index in [1.165, 1.54) is 0 Å². The molecular weight excluding hydrogens is 497 g/mol. The topological polar surface area (TPSA) is 112 Å². The predicted octanol–water partition coefficient (Wildman–Crippen LogP) is 5.47. The second kappa shape index (κ2) is 13.0. The van der Waals surface area contributed by atoms with E-state index in [1.807, 2.05) is 81.8 Å². The molecule has 0 amide bonds. The lowest BCUT2D eigenvalue weighted by molar-refractivity contribution is -0.873. The van der Waals surface area contributed by atoms with Gasteiger partial charge in [-0.15, -0.1) is 0 Å². The Bertz CT molecular complexity index is 1230. The number of likely N-dealkylation sites (N-methyl/N-ethyl adjacent to an activating group) is 1. The van der Waals surface area contributed by atoms with Gasteiger partial charge in [0.2, 0.25) is 0 Å². The van der Waals surface area contributed by atoms with Gasteiger partial charge in [0.1, 0.15) is 29.9 Å². The fourth-order valence-electron chi connectivity index (χ4n) is 3.73. The van der Waals surface area contributed by atoms with Gasteiger partial charge >= 0.3 is 13.8 Å². The molecule has 3 aromatic carbocycles. The lowest BCUT2D eigenvalue weighted by Gasteiger charge is -2.29. The molecule has 0 radical (unpaired) electrons. The van der Waals surface area contributed by atoms with Crippen LogP contribution in [0, 0.1) is 0 Å². The molecule has 3 rings (SSSR count). The highest BCUT2D eigenvalue weighted by molar-refractivity contribution is 7.47. The molecule has 0 aromatic heterocycles. The molecule has 2 N–H and O–H groups in total. The van der Waals surface area contributed by atoms with E-state index in [4.69, 9.17) is 23.6 Å². The zero-order valence-corrected chi connectivity index (χ0v) is 22.3. The van der Waals surface area contributed by atoms with Gasteiger partial charge in [0.05, 0.1) is 40.8 Å². The van der Waals surface area contributed by atoms with Crippen molar-refractivity contribution >= 4 is 24.6 Å². The number of carboxylic acid groups (broad SMARTS) is 1. The van der Waals surface area contributed by atoms with Crippen LogP contribution in [0.15, 0.2) is 66.7 Å². The Morgan fingerprint density at radius 1 is 0.892 bits per heavy atom. The molecule has 2 atom stereocenters. The van der Waals surface area contributed by atoms with E-state index in [1.54, 1.807) is 6.07 Å². The molecule has 0 saturated carbocycles. The van der Waals surface area contributed by atoms with Gasteiger partial charge in [0, 0.05) is 6.07 Å². The highest BCUT2D eigenvalue weighted by Gasteiger charge is 2.31. The van der Waals surface area contributed by atoms with E-state index in [0.29, 0.717) is 35.4 Å². The van der Waals surface area contributed by atoms with Crippen molar-refractivity contribution in [2.45, 2.75) is 25.4 Å². The second-order valence-electron chi connectivity index (χ2n) is 9.74. The molecule has 0 aliphatic carbocycles. The average molecular weight is 533 g/mol. The summed E-state index contributed by atoms with van der Waals surface area (Å²) in [5, 5.41) is 11.3. The third kappa shape index (κ3) is 10.5. The number of phosphoric acid groups is 1. The number of ether oxygens (including phenoxy) is 2. The van der Waals surface area contributed by atoms with E-state index < -0.39 is 19.9 Å². The maximum atomic E-state index is 12.3. The Balaban J connectivity index is 1.41. The third-order valence-electron chi connectivity index (χ3n) is 5.26. The first kappa shape index (κ1) is 28.6. The highest BCUT2D eigenvalue weighted by atomic mass is 31.2. The monoisotopic (exact) mass is 532 g/mol. The second-order valence-corrected chi connectivity index (χ2v) is 11.1. The van der Waals surface area contributed by atoms with Gasteiger partial charge in [-0.05, 0) is 47.9 Å². The van der Waals surface area contributed by atoms with Crippen molar-refractivity contribution < 1.29 is 42.4 Å². The number of carbonyl (C=O) groups is 1. The summed E-state index contributed by atoms with van der Waals surface area (Å²) in [7, 11) is 1.14. The minimum atomic E-state index is -4.38. The molecule has 3 aromatic rings. The third-order valence-corrected chi connectivity index (χ3v) is 6.33. The fraction of sp³-hybridized carbons (Fsp3) is 0.370. The van der Waals surface area contributed by atoms with Gasteiger partial charge in [-0.25, -0.2) is 4.57 Å². The molecule has 0 aliphatic rings. The lowest BCUT2D eigenvalue weighted by Crippen LogP contribution is -2.42. The first-order valence-electron chi connectivity index (χ1n) is 12.1. The number of hydrogen-bond donors (Lipinski definition) is 2. The molecule has 10 heteroatoms. The maximum absolute atomic E-state index is 12.3. The number of carboxylic acids is 1. The zero-order valence-electron chi connectivity index (χ0n) is 21.4. The Hall–Kier alpha value is -2.94. The number of fused-ring (bicyclic) bond motifs is 1. The summed E-state index contributed by atoms with van der Waals surface area (Å²) < 4.78 is 34.6. The van der Waals surface area contributed by atoms with E-state index in [9.17, 15) is 14.3 Å². The molecule has 0 fully saturated rings. The molecule has 0 aliphatic heterocycles. The van der Waals surface area contributed by atoms with Crippen LogP contribution in [0.4, 0.5) is 0 Å². The standard InChI is InChI=1S/C27H34NO8P/c1-28(2,3)20-26(19-27(29)30)36-37(31,32)34-16-7-6-15-33-23-11-8-12-24(18-23)35-25-14-13-21-9-4-5-10-22(21)17-25/h4-5,8-14,17-18,26H,6-7,15-16,19-20H2,1-3H3,(H-,29,30,31,32)/p+1/t26-/m1/s1. The van der Waals surface area contributed by atoms with Gasteiger partial charge in [0.15, 0.2) is 0 Å². The molecular formula is C27H35NO8P+. The minimum Gasteiger partial charge on any atom is -0.493 e. The summed E-state index contributed by atoms with van der Waals surface area (Å²) in [6.07, 6.45) is -0.297. The van der Waals surface area contributed by atoms with Crippen LogP contribution in [0.5, 0.6) is 17.2 Å². The maximum Gasteiger partial charge on any atom is 0.472 e. The van der Waals surface area contributed by atoms with Gasteiger partial charge in [-0.2, -0.15) is 0 Å². The van der Waals surface area contributed by atoms with Gasteiger partial charge in [-0.3, -0.25) is 13.8 Å². The van der Waals surface area contributed by atoms with Gasteiger partial charge in [0.25, 0.3) is 0 Å². The van der Waals surface area contributed by atoms with Crippen LogP contribution in [0.2, 0.25) is 0 Å². The van der Waals surface area contributed by atoms with E-state index >= 15 is 0 Å². The summed E-state index contributed by atoms with van der Waals surface area (Å²) in [5.41, 5.74) is 0. The number of nitrogens with zero attached hydrogens (tertiary/aromatic N) is 1. The number of aliphatic carboxylic acids is 1. The molecule has 0 spiro atoms. The summed E-state index contributed by atoms with van der Waals surface area (Å²) in [5.74, 6) is 0.921. The van der Waals surface area contributed by atoms with Crippen LogP contribution in [-0.2, 0) is 18.4 Å². The number of hydrogen-bond acceptors (Lipinski definition) is 6. The Morgan fingerprint density at radius 2 is 1.57 bits per heavy atom. The minimum absolute atomic E-state index is 0.0214. The number of phosphoric ester groups is 1. The van der Waals surface area contributed by atoms with E-state index in [-0.39, 0.29) is 19.6 Å². The summed E-state index contributed by atoms with van der Waals surface area (Å²) >= 11 is 0. The average Bonchev–Trinajstić information content (AvgIpc) is 2.79. The first-order chi connectivity index (χ1) is 17.5. The molecule has 0 heterocycles. The van der Waals surface area contributed by atoms with Crippen molar-refractivity contribution in [1.82, 2.24) is 0 Å². The number of quaternary nitrogens is 1. The van der Waals surface area contributed by atoms with Crippen LogP contribution in [-0.4, -0.2) is 67.5 Å². The molecule has 9 nitrogen and oxygen atoms in total. The predicted molar refractivity (Wildman–Crippen MR) is 141 cm³/mol. The largest absolute Gasteiger partial charge is 0.493 e. The fourth-order valence-corrected chi connectivity index (χ4v) is 4.67. The number of benzene rings is 3. The molecule has 1 unspecified atom stereocenters. The smallest absolute Gasteiger partial charge is 0.472 e. The summed E-state index contributed by atoms with van der Waals surface area (Å²) in [6.45, 7) is 0.604. The van der Waals surface area contributed by atoms with Crippen LogP contribution in [0.3, 0.4) is 0 Å². The first-order valence-corrected chi connectivity index (χ1v) is 13.6. The van der Waals surface area contributed by atoms with E-state index in [2.05, 4.69) is 0 Å². The summed E-state index contributed by atoms with van der Waals surface area (Å²) in [6, 6.07) is 21.3. The van der Waals surface area contributed by atoms with Crippen LogP contribution in [0.25, 0.3) is 10.8 Å². The zero-order chi connectivity index (χ0) is 26.9. The van der Waals surface area contributed by atoms with Crippen molar-refractivity contribution in [3.05, 3.63) is 66.7 Å². The van der Waals surface area contributed by atoms with Crippen molar-refractivity contribution in [2.24, 2.45) is 0 Å². The van der Waals surface area contributed by atoms with Crippen LogP contribution in [0.1, 0.15) is 19.3 Å². The van der Waals surface area contributed by atoms with Crippen molar-refractivity contribution in [1.29, 1.82) is 0 Å². The number of unbranched alkanes of at least 4 members (excludes halogenated alkanes) is 1. The quantitative estimate of drug-likeness (QED) is 0.151. The van der Waals surface area contributed by atoms with E-state index in [0.717, 1.165) is 16.5 Å². The molecule has 200 valence electrons. The normalized spacial score (nSPS) is 14.2. The van der Waals surface area contributed by atoms with Crippen molar-refractivity contribution in [3.8, 4) is 17.2 Å². The highest BCUT2D eigenvalue weighted by Crippen LogP contribution is 2.45. The Labute approximate surface area is 217 Å². The van der Waals surface area contributed by atoms with Crippen LogP contribution >= 0.6 is 7.82 Å². The Morgan fingerprint density at radius 3 is 2.30 bits per heavy atom. The van der Waals surface area contributed by atoms with Gasteiger partial charge < -0.3 is 24.0 Å². The molecule has 0 saturated heterocycles. The lowest BCUT2D eigenvalue weighted by atomic mass is 10.1. The molecule has 0 bridgehead atoms. The van der Waals surface area contributed by atoms with Crippen molar-refractivity contribution in [3.63, 3.8) is 0 Å². The Kier molecular flexibility index (Phi) is 10.1.